The molecule has 3 atom stereocenters. The highest BCUT2D eigenvalue weighted by Crippen LogP contribution is 2.25. The quantitative estimate of drug-likeness (QED) is 0.492. The van der Waals surface area contributed by atoms with Crippen molar-refractivity contribution < 1.29 is 19.2 Å². The van der Waals surface area contributed by atoms with Crippen molar-refractivity contribution in [1.29, 1.82) is 0 Å². The Balaban J connectivity index is 2.16. The van der Waals surface area contributed by atoms with E-state index >= 15 is 0 Å². The minimum absolute atomic E-state index is 0.171. The SMILES string of the molecule is CC(C)C(NC(=O)NC(C(=O)N1CCCC1C=O)C(C)(C)C)C(=O)c1ccc(Cl)cc1. The van der Waals surface area contributed by atoms with E-state index in [1.54, 1.807) is 24.3 Å². The molecule has 170 valence electrons. The van der Waals surface area contributed by atoms with E-state index in [1.807, 2.05) is 34.6 Å². The first-order valence-electron chi connectivity index (χ1n) is 10.6. The Hall–Kier alpha value is -2.41. The fraction of sp³-hybridized carbons (Fsp3) is 0.565. The van der Waals surface area contributed by atoms with Gasteiger partial charge in [-0.2, -0.15) is 0 Å². The van der Waals surface area contributed by atoms with Crippen molar-refractivity contribution in [2.45, 2.75) is 65.6 Å². The van der Waals surface area contributed by atoms with Gasteiger partial charge in [-0.25, -0.2) is 4.79 Å². The van der Waals surface area contributed by atoms with E-state index in [1.165, 1.54) is 4.90 Å². The molecule has 1 aliphatic rings. The summed E-state index contributed by atoms with van der Waals surface area (Å²) in [6, 6.07) is 3.81. The molecular formula is C23H32ClN3O4. The predicted octanol–water partition coefficient (Wildman–Crippen LogP) is 3.45. The van der Waals surface area contributed by atoms with Crippen LogP contribution in [0.2, 0.25) is 5.02 Å². The van der Waals surface area contributed by atoms with Gasteiger partial charge in [0.25, 0.3) is 0 Å². The largest absolute Gasteiger partial charge is 0.331 e. The Bertz CT molecular complexity index is 817. The summed E-state index contributed by atoms with van der Waals surface area (Å²) in [6.45, 7) is 9.71. The molecular weight excluding hydrogens is 418 g/mol. The highest BCUT2D eigenvalue weighted by Gasteiger charge is 2.40. The van der Waals surface area contributed by atoms with E-state index in [2.05, 4.69) is 10.6 Å². The molecule has 2 rings (SSSR count). The third kappa shape index (κ3) is 6.29. The number of Topliss-reactive ketones (excluding diaryl/α,β-unsaturated/α-hetero) is 1. The van der Waals surface area contributed by atoms with Gasteiger partial charge in [-0.1, -0.05) is 46.2 Å². The molecule has 1 fully saturated rings. The third-order valence-electron chi connectivity index (χ3n) is 5.49. The molecule has 1 aromatic carbocycles. The van der Waals surface area contributed by atoms with Crippen LogP contribution in [0.1, 0.15) is 57.8 Å². The molecule has 1 saturated heterocycles. The second kappa shape index (κ2) is 10.3. The standard InChI is InChI=1S/C23H32ClN3O4/c1-14(2)18(19(29)15-8-10-16(24)11-9-15)25-22(31)26-20(23(3,4)5)21(30)27-12-6-7-17(27)13-28/h8-11,13-14,17-18,20H,6-7,12H2,1-5H3,(H2,25,26,31). The maximum absolute atomic E-state index is 13.1. The van der Waals surface area contributed by atoms with Crippen molar-refractivity contribution in [3.8, 4) is 0 Å². The van der Waals surface area contributed by atoms with E-state index in [-0.39, 0.29) is 17.6 Å². The van der Waals surface area contributed by atoms with Gasteiger partial charge in [0.05, 0.1) is 12.1 Å². The smallest absolute Gasteiger partial charge is 0.316 e. The minimum Gasteiger partial charge on any atom is -0.331 e. The number of halogens is 1. The van der Waals surface area contributed by atoms with Crippen LogP contribution in [-0.4, -0.2) is 53.6 Å². The number of hydrogen-bond donors (Lipinski definition) is 2. The van der Waals surface area contributed by atoms with Crippen LogP contribution in [0.3, 0.4) is 0 Å². The number of nitrogens with one attached hydrogen (secondary N) is 2. The van der Waals surface area contributed by atoms with E-state index in [9.17, 15) is 19.2 Å². The monoisotopic (exact) mass is 449 g/mol. The molecule has 0 aromatic heterocycles. The minimum atomic E-state index is -0.841. The summed E-state index contributed by atoms with van der Waals surface area (Å²) in [5.41, 5.74) is -0.143. The molecule has 0 bridgehead atoms. The molecule has 3 amide bonds. The van der Waals surface area contributed by atoms with Crippen LogP contribution in [-0.2, 0) is 9.59 Å². The first-order valence-corrected chi connectivity index (χ1v) is 11.0. The van der Waals surface area contributed by atoms with E-state index < -0.39 is 29.6 Å². The van der Waals surface area contributed by atoms with Crippen molar-refractivity contribution in [3.05, 3.63) is 34.9 Å². The zero-order valence-corrected chi connectivity index (χ0v) is 19.5. The third-order valence-corrected chi connectivity index (χ3v) is 5.74. The molecule has 0 saturated carbocycles. The highest BCUT2D eigenvalue weighted by molar-refractivity contribution is 6.30. The van der Waals surface area contributed by atoms with Gasteiger partial charge in [0, 0.05) is 17.1 Å². The van der Waals surface area contributed by atoms with Crippen LogP contribution >= 0.6 is 11.6 Å². The van der Waals surface area contributed by atoms with Crippen molar-refractivity contribution in [2.75, 3.05) is 6.54 Å². The lowest BCUT2D eigenvalue weighted by molar-refractivity contribution is -0.138. The molecule has 7 nitrogen and oxygen atoms in total. The summed E-state index contributed by atoms with van der Waals surface area (Å²) in [7, 11) is 0. The van der Waals surface area contributed by atoms with Gasteiger partial charge in [-0.3, -0.25) is 9.59 Å². The lowest BCUT2D eigenvalue weighted by atomic mass is 9.85. The first kappa shape index (κ1) is 24.9. The number of nitrogens with zero attached hydrogens (tertiary/aromatic N) is 1. The molecule has 0 aliphatic carbocycles. The Morgan fingerprint density at radius 3 is 2.26 bits per heavy atom. The maximum atomic E-state index is 13.1. The van der Waals surface area contributed by atoms with Gasteiger partial charge in [0.2, 0.25) is 5.91 Å². The molecule has 0 spiro atoms. The number of likely N-dealkylation sites (tertiary alicyclic amines) is 1. The fourth-order valence-corrected chi connectivity index (χ4v) is 3.79. The van der Waals surface area contributed by atoms with Crippen LogP contribution in [0.5, 0.6) is 0 Å². The molecule has 31 heavy (non-hydrogen) atoms. The average molecular weight is 450 g/mol. The summed E-state index contributed by atoms with van der Waals surface area (Å²) >= 11 is 5.90. The lowest BCUT2D eigenvalue weighted by Crippen LogP contribution is -2.59. The van der Waals surface area contributed by atoms with Crippen molar-refractivity contribution in [2.24, 2.45) is 11.3 Å². The molecule has 2 N–H and O–H groups in total. The number of hydrogen-bond acceptors (Lipinski definition) is 4. The van der Waals surface area contributed by atoms with Gasteiger partial charge < -0.3 is 20.3 Å². The summed E-state index contributed by atoms with van der Waals surface area (Å²) < 4.78 is 0. The lowest BCUT2D eigenvalue weighted by Gasteiger charge is -2.35. The van der Waals surface area contributed by atoms with Gasteiger partial charge in [-0.05, 0) is 48.4 Å². The van der Waals surface area contributed by atoms with Crippen LogP contribution < -0.4 is 10.6 Å². The number of carbonyl (C=O) groups excluding carboxylic acids is 4. The van der Waals surface area contributed by atoms with Crippen LogP contribution in [0, 0.1) is 11.3 Å². The summed E-state index contributed by atoms with van der Waals surface area (Å²) in [5, 5.41) is 6.00. The summed E-state index contributed by atoms with van der Waals surface area (Å²) in [4.78, 5) is 51.8. The second-order valence-electron chi connectivity index (χ2n) is 9.39. The predicted molar refractivity (Wildman–Crippen MR) is 120 cm³/mol. The van der Waals surface area contributed by atoms with Crippen LogP contribution in [0.25, 0.3) is 0 Å². The highest BCUT2D eigenvalue weighted by atomic mass is 35.5. The maximum Gasteiger partial charge on any atom is 0.316 e. The van der Waals surface area contributed by atoms with E-state index in [0.717, 1.165) is 12.7 Å². The number of aldehydes is 1. The van der Waals surface area contributed by atoms with Gasteiger partial charge >= 0.3 is 6.03 Å². The number of urea groups is 1. The van der Waals surface area contributed by atoms with Crippen molar-refractivity contribution in [1.82, 2.24) is 15.5 Å². The fourth-order valence-electron chi connectivity index (χ4n) is 3.66. The Kier molecular flexibility index (Phi) is 8.23. The number of ketones is 1. The number of benzene rings is 1. The van der Waals surface area contributed by atoms with Crippen molar-refractivity contribution in [3.63, 3.8) is 0 Å². The Labute approximate surface area is 188 Å². The van der Waals surface area contributed by atoms with Gasteiger partial charge in [0.15, 0.2) is 5.78 Å². The van der Waals surface area contributed by atoms with Gasteiger partial charge in [0.1, 0.15) is 12.3 Å². The van der Waals surface area contributed by atoms with E-state index in [4.69, 9.17) is 11.6 Å². The molecule has 8 heteroatoms. The zero-order chi connectivity index (χ0) is 23.3. The topological polar surface area (TPSA) is 95.6 Å². The molecule has 0 radical (unpaired) electrons. The van der Waals surface area contributed by atoms with Crippen molar-refractivity contribution >= 4 is 35.6 Å². The first-order chi connectivity index (χ1) is 14.5. The van der Waals surface area contributed by atoms with E-state index in [0.29, 0.717) is 23.6 Å². The molecule has 1 aliphatic heterocycles. The summed E-state index contributed by atoms with van der Waals surface area (Å²) in [6.07, 6.45) is 2.16. The normalized spacial score (nSPS) is 18.4. The molecule has 3 unspecified atom stereocenters. The second-order valence-corrected chi connectivity index (χ2v) is 9.82. The molecule has 1 aromatic rings. The van der Waals surface area contributed by atoms with Crippen LogP contribution in [0.15, 0.2) is 24.3 Å². The number of carbonyl (C=O) groups is 4. The zero-order valence-electron chi connectivity index (χ0n) is 18.8. The number of amides is 3. The number of rotatable bonds is 7. The van der Waals surface area contributed by atoms with Crippen LogP contribution in [0.4, 0.5) is 4.79 Å². The van der Waals surface area contributed by atoms with Gasteiger partial charge in [-0.15, -0.1) is 0 Å². The summed E-state index contributed by atoms with van der Waals surface area (Å²) in [5.74, 6) is -0.695. The Morgan fingerprint density at radius 1 is 1.13 bits per heavy atom. The average Bonchev–Trinajstić information content (AvgIpc) is 3.17. The Morgan fingerprint density at radius 2 is 1.74 bits per heavy atom. The molecule has 1 heterocycles.